The predicted octanol–water partition coefficient (Wildman–Crippen LogP) is 5.26. The molecule has 0 bridgehead atoms. The maximum absolute atomic E-state index is 13.5. The van der Waals surface area contributed by atoms with E-state index in [2.05, 4.69) is 22.3 Å². The van der Waals surface area contributed by atoms with E-state index in [-0.39, 0.29) is 17.8 Å². The molecular weight excluding hydrogens is 383 g/mol. The Morgan fingerprint density at radius 3 is 2.67 bits per heavy atom. The third kappa shape index (κ3) is 3.86. The van der Waals surface area contributed by atoms with Crippen LogP contribution in [0.15, 0.2) is 48.5 Å². The minimum absolute atomic E-state index is 0.142. The number of likely N-dealkylation sites (tertiary alicyclic amines) is 1. The lowest BCUT2D eigenvalue weighted by Crippen LogP contribution is -2.36. The molecule has 0 saturated carbocycles. The summed E-state index contributed by atoms with van der Waals surface area (Å²) in [5, 5.41) is 4.15. The van der Waals surface area contributed by atoms with E-state index in [4.69, 9.17) is 11.6 Å². The number of carbonyl (C=O) groups excluding carboxylic acids is 1. The second-order valence-corrected chi connectivity index (χ2v) is 8.20. The van der Waals surface area contributed by atoms with Gasteiger partial charge in [-0.1, -0.05) is 41.9 Å². The molecule has 1 unspecified atom stereocenters. The van der Waals surface area contributed by atoms with Gasteiger partial charge in [-0.2, -0.15) is 0 Å². The summed E-state index contributed by atoms with van der Waals surface area (Å²) in [6.07, 6.45) is 2.37. The monoisotopic (exact) mass is 402 g/mol. The summed E-state index contributed by atoms with van der Waals surface area (Å²) in [5.41, 5.74) is 1.20. The second kappa shape index (κ2) is 7.97. The van der Waals surface area contributed by atoms with Crippen molar-refractivity contribution in [2.75, 3.05) is 19.6 Å². The van der Waals surface area contributed by atoms with E-state index in [0.717, 1.165) is 13.1 Å². The van der Waals surface area contributed by atoms with Crippen molar-refractivity contribution in [1.82, 2.24) is 10.2 Å². The number of thiophene rings is 1. The third-order valence-electron chi connectivity index (χ3n) is 5.02. The maximum Gasteiger partial charge on any atom is 0.262 e. The zero-order valence-corrected chi connectivity index (χ0v) is 16.3. The summed E-state index contributed by atoms with van der Waals surface area (Å²) in [4.78, 5) is 15.6. The topological polar surface area (TPSA) is 32.3 Å². The molecule has 3 nitrogen and oxygen atoms in total. The second-order valence-electron chi connectivity index (χ2n) is 6.77. The Hall–Kier alpha value is -1.95. The number of halogens is 2. The zero-order chi connectivity index (χ0) is 18.8. The molecule has 1 aromatic heterocycles. The Labute approximate surface area is 166 Å². The molecule has 1 aliphatic rings. The largest absolute Gasteiger partial charge is 0.349 e. The first-order valence-corrected chi connectivity index (χ1v) is 10.3. The fraction of sp³-hybridized carbons (Fsp3) is 0.286. The van der Waals surface area contributed by atoms with Crippen molar-refractivity contribution in [3.8, 4) is 0 Å². The highest BCUT2D eigenvalue weighted by Crippen LogP contribution is 2.35. The van der Waals surface area contributed by atoms with Crippen LogP contribution < -0.4 is 5.32 Å². The molecule has 0 spiro atoms. The summed E-state index contributed by atoms with van der Waals surface area (Å²) in [6.45, 7) is 2.60. The van der Waals surface area contributed by atoms with Crippen LogP contribution in [-0.2, 0) is 0 Å². The number of rotatable bonds is 5. The molecule has 1 N–H and O–H groups in total. The predicted molar refractivity (Wildman–Crippen MR) is 109 cm³/mol. The Morgan fingerprint density at radius 1 is 1.19 bits per heavy atom. The number of nitrogens with zero attached hydrogens (tertiary/aromatic N) is 1. The first-order chi connectivity index (χ1) is 13.1. The van der Waals surface area contributed by atoms with Gasteiger partial charge in [-0.3, -0.25) is 9.69 Å². The van der Waals surface area contributed by atoms with E-state index in [0.29, 0.717) is 26.5 Å². The van der Waals surface area contributed by atoms with E-state index in [1.165, 1.54) is 41.9 Å². The van der Waals surface area contributed by atoms with Gasteiger partial charge < -0.3 is 5.32 Å². The molecule has 1 atom stereocenters. The van der Waals surface area contributed by atoms with Crippen LogP contribution in [0.4, 0.5) is 4.39 Å². The van der Waals surface area contributed by atoms with Gasteiger partial charge >= 0.3 is 0 Å². The summed E-state index contributed by atoms with van der Waals surface area (Å²) < 4.78 is 14.1. The molecular formula is C21H20ClFN2OS. The molecule has 27 heavy (non-hydrogen) atoms. The lowest BCUT2D eigenvalue weighted by atomic mass is 10.1. The molecule has 1 amide bonds. The first-order valence-electron chi connectivity index (χ1n) is 9.08. The van der Waals surface area contributed by atoms with Crippen molar-refractivity contribution in [3.63, 3.8) is 0 Å². The smallest absolute Gasteiger partial charge is 0.262 e. The number of fused-ring (bicyclic) bond motifs is 1. The summed E-state index contributed by atoms with van der Waals surface area (Å²) >= 11 is 7.61. The summed E-state index contributed by atoms with van der Waals surface area (Å²) in [5.74, 6) is -0.535. The highest BCUT2D eigenvalue weighted by molar-refractivity contribution is 7.21. The molecule has 2 heterocycles. The third-order valence-corrected chi connectivity index (χ3v) is 6.68. The average molecular weight is 403 g/mol. The van der Waals surface area contributed by atoms with Gasteiger partial charge in [0, 0.05) is 16.6 Å². The van der Waals surface area contributed by atoms with Gasteiger partial charge in [0.25, 0.3) is 5.91 Å². The highest BCUT2D eigenvalue weighted by atomic mass is 35.5. The average Bonchev–Trinajstić information content (AvgIpc) is 3.31. The molecule has 1 aliphatic heterocycles. The number of nitrogens with one attached hydrogen (secondary N) is 1. The number of carbonyl (C=O) groups is 1. The van der Waals surface area contributed by atoms with Crippen molar-refractivity contribution in [3.05, 3.63) is 69.8 Å². The van der Waals surface area contributed by atoms with E-state index < -0.39 is 0 Å². The van der Waals surface area contributed by atoms with Crippen LogP contribution in [0.5, 0.6) is 0 Å². The molecule has 1 fully saturated rings. The molecule has 6 heteroatoms. The van der Waals surface area contributed by atoms with Crippen molar-refractivity contribution >= 4 is 38.9 Å². The summed E-state index contributed by atoms with van der Waals surface area (Å²) in [7, 11) is 0. The van der Waals surface area contributed by atoms with Crippen LogP contribution in [-0.4, -0.2) is 30.4 Å². The molecule has 3 aromatic rings. The van der Waals surface area contributed by atoms with E-state index in [1.807, 2.05) is 18.2 Å². The molecule has 140 valence electrons. The normalized spacial score (nSPS) is 15.9. The summed E-state index contributed by atoms with van der Waals surface area (Å²) in [6, 6.07) is 14.8. The zero-order valence-electron chi connectivity index (χ0n) is 14.8. The quantitative estimate of drug-likeness (QED) is 0.631. The molecule has 4 rings (SSSR count). The number of amides is 1. The SMILES string of the molecule is O=C(NCC(c1ccccc1)N1CCCC1)c1sc2cc(F)ccc2c1Cl. The van der Waals surface area contributed by atoms with Crippen LogP contribution in [0.3, 0.4) is 0 Å². The van der Waals surface area contributed by atoms with Gasteiger partial charge in [0.05, 0.1) is 11.1 Å². The standard InChI is InChI=1S/C21H20ClFN2OS/c22-19-16-9-8-15(23)12-18(16)27-20(19)21(26)24-13-17(25-10-4-5-11-25)14-6-2-1-3-7-14/h1-3,6-9,12,17H,4-5,10-11,13H2,(H,24,26). The van der Waals surface area contributed by atoms with Crippen molar-refractivity contribution < 1.29 is 9.18 Å². The van der Waals surface area contributed by atoms with Crippen LogP contribution >= 0.6 is 22.9 Å². The minimum atomic E-state index is -0.328. The van der Waals surface area contributed by atoms with Crippen molar-refractivity contribution in [2.45, 2.75) is 18.9 Å². The molecule has 1 saturated heterocycles. The van der Waals surface area contributed by atoms with Crippen LogP contribution in [0.25, 0.3) is 10.1 Å². The van der Waals surface area contributed by atoms with Gasteiger partial charge in [-0.15, -0.1) is 11.3 Å². The maximum atomic E-state index is 13.5. The van der Waals surface area contributed by atoms with Gasteiger partial charge in [0.1, 0.15) is 10.7 Å². The van der Waals surface area contributed by atoms with Crippen LogP contribution in [0.1, 0.15) is 34.1 Å². The first kappa shape index (κ1) is 18.4. The number of hydrogen-bond donors (Lipinski definition) is 1. The minimum Gasteiger partial charge on any atom is -0.349 e. The molecule has 2 aromatic carbocycles. The van der Waals surface area contributed by atoms with Crippen molar-refractivity contribution in [1.29, 1.82) is 0 Å². The Morgan fingerprint density at radius 2 is 1.93 bits per heavy atom. The van der Waals surface area contributed by atoms with Gasteiger partial charge in [-0.05, 0) is 49.7 Å². The highest BCUT2D eigenvalue weighted by Gasteiger charge is 2.25. The van der Waals surface area contributed by atoms with Crippen LogP contribution in [0.2, 0.25) is 5.02 Å². The van der Waals surface area contributed by atoms with E-state index in [9.17, 15) is 9.18 Å². The lowest BCUT2D eigenvalue weighted by molar-refractivity contribution is 0.0942. The van der Waals surface area contributed by atoms with Gasteiger partial charge in [-0.25, -0.2) is 4.39 Å². The van der Waals surface area contributed by atoms with Crippen molar-refractivity contribution in [2.24, 2.45) is 0 Å². The number of benzene rings is 2. The molecule has 0 radical (unpaired) electrons. The lowest BCUT2D eigenvalue weighted by Gasteiger charge is -2.28. The number of hydrogen-bond acceptors (Lipinski definition) is 3. The van der Waals surface area contributed by atoms with E-state index >= 15 is 0 Å². The van der Waals surface area contributed by atoms with Gasteiger partial charge in [0.15, 0.2) is 0 Å². The fourth-order valence-corrected chi connectivity index (χ4v) is 5.10. The fourth-order valence-electron chi connectivity index (χ4n) is 3.64. The van der Waals surface area contributed by atoms with E-state index in [1.54, 1.807) is 6.07 Å². The Bertz CT molecular complexity index is 953. The Kier molecular flexibility index (Phi) is 5.43. The Balaban J connectivity index is 1.54. The van der Waals surface area contributed by atoms with Gasteiger partial charge in [0.2, 0.25) is 0 Å². The molecule has 0 aliphatic carbocycles. The van der Waals surface area contributed by atoms with Crippen LogP contribution in [0, 0.1) is 5.82 Å².